The van der Waals surface area contributed by atoms with E-state index < -0.39 is 0 Å². The molecule has 198 valence electrons. The van der Waals surface area contributed by atoms with E-state index in [0.717, 1.165) is 82.9 Å². The molecule has 37 heavy (non-hydrogen) atoms. The molecule has 7 nitrogen and oxygen atoms in total. The highest BCUT2D eigenvalue weighted by molar-refractivity contribution is 7.13. The van der Waals surface area contributed by atoms with Crippen molar-refractivity contribution in [1.82, 2.24) is 19.7 Å². The van der Waals surface area contributed by atoms with Crippen molar-refractivity contribution in [3.63, 3.8) is 0 Å². The molecule has 0 unspecified atom stereocenters. The summed E-state index contributed by atoms with van der Waals surface area (Å²) in [5, 5.41) is 3.32. The van der Waals surface area contributed by atoms with Gasteiger partial charge in [0.15, 0.2) is 5.13 Å². The number of rotatable bonds is 9. The largest absolute Gasteiger partial charge is 0.497 e. The van der Waals surface area contributed by atoms with E-state index in [2.05, 4.69) is 86.4 Å². The number of hydrogen-bond acceptors (Lipinski definition) is 8. The first kappa shape index (κ1) is 26.0. The van der Waals surface area contributed by atoms with Gasteiger partial charge >= 0.3 is 0 Å². The Kier molecular flexibility index (Phi) is 8.61. The van der Waals surface area contributed by atoms with Gasteiger partial charge in [0.25, 0.3) is 0 Å². The van der Waals surface area contributed by atoms with Gasteiger partial charge in [-0.2, -0.15) is 0 Å². The zero-order valence-corrected chi connectivity index (χ0v) is 23.3. The summed E-state index contributed by atoms with van der Waals surface area (Å²) in [7, 11) is 6.13. The van der Waals surface area contributed by atoms with Gasteiger partial charge in [-0.05, 0) is 49.5 Å². The molecule has 3 aromatic rings. The molecule has 3 heterocycles. The van der Waals surface area contributed by atoms with E-state index in [1.165, 1.54) is 22.5 Å². The third-order valence-corrected chi connectivity index (χ3v) is 8.43. The summed E-state index contributed by atoms with van der Waals surface area (Å²) in [6.07, 6.45) is 0. The summed E-state index contributed by atoms with van der Waals surface area (Å²) in [5.74, 6) is 0.892. The van der Waals surface area contributed by atoms with Crippen LogP contribution in [0.15, 0.2) is 53.9 Å². The predicted molar refractivity (Wildman–Crippen MR) is 154 cm³/mol. The molecule has 0 saturated carbocycles. The summed E-state index contributed by atoms with van der Waals surface area (Å²) < 4.78 is 5.49. The topological polar surface area (TPSA) is 38.3 Å². The summed E-state index contributed by atoms with van der Waals surface area (Å²) in [6.45, 7) is 11.4. The fourth-order valence-electron chi connectivity index (χ4n) is 5.03. The molecule has 5 rings (SSSR count). The van der Waals surface area contributed by atoms with Gasteiger partial charge < -0.3 is 24.3 Å². The number of ether oxygens (including phenoxy) is 1. The number of aromatic nitrogens is 1. The molecule has 2 aliphatic rings. The van der Waals surface area contributed by atoms with E-state index in [1.807, 2.05) is 6.07 Å². The standard InChI is InChI=1S/C29H40N6OS/c1-31-11-15-33(16-12-31)22-26-23-37-29(30-26)35(21-25-5-4-6-28(19-25)36-3)20-24-7-9-27(10-8-24)34-17-13-32(2)14-18-34/h4-10,19,23H,11-18,20-22H2,1-3H3. The lowest BCUT2D eigenvalue weighted by Gasteiger charge is -2.34. The van der Waals surface area contributed by atoms with Crippen LogP contribution in [0.1, 0.15) is 16.8 Å². The average molecular weight is 521 g/mol. The van der Waals surface area contributed by atoms with E-state index in [1.54, 1.807) is 18.4 Å². The lowest BCUT2D eigenvalue weighted by Crippen LogP contribution is -2.44. The Morgan fingerprint density at radius 2 is 1.51 bits per heavy atom. The van der Waals surface area contributed by atoms with E-state index in [4.69, 9.17) is 9.72 Å². The van der Waals surface area contributed by atoms with Gasteiger partial charge in [0.05, 0.1) is 12.8 Å². The van der Waals surface area contributed by atoms with Crippen LogP contribution >= 0.6 is 11.3 Å². The van der Waals surface area contributed by atoms with Crippen LogP contribution in [0.5, 0.6) is 5.75 Å². The fraction of sp³-hybridized carbons (Fsp3) is 0.483. The first-order valence-electron chi connectivity index (χ1n) is 13.3. The zero-order valence-electron chi connectivity index (χ0n) is 22.5. The maximum absolute atomic E-state index is 5.49. The van der Waals surface area contributed by atoms with Crippen molar-refractivity contribution in [2.75, 3.05) is 83.4 Å². The van der Waals surface area contributed by atoms with Crippen molar-refractivity contribution >= 4 is 22.2 Å². The maximum atomic E-state index is 5.49. The minimum absolute atomic E-state index is 0.791. The molecule has 2 aromatic carbocycles. The number of piperazine rings is 2. The number of likely N-dealkylation sites (N-methyl/N-ethyl adjacent to an activating group) is 2. The Bertz CT molecular complexity index is 1120. The van der Waals surface area contributed by atoms with Gasteiger partial charge in [0.2, 0.25) is 0 Å². The number of thiazole rings is 1. The quantitative estimate of drug-likeness (QED) is 0.424. The minimum Gasteiger partial charge on any atom is -0.497 e. The van der Waals surface area contributed by atoms with Gasteiger partial charge in [-0.15, -0.1) is 11.3 Å². The predicted octanol–water partition coefficient (Wildman–Crippen LogP) is 3.86. The Hall–Kier alpha value is -2.65. The van der Waals surface area contributed by atoms with Crippen LogP contribution < -0.4 is 14.5 Å². The highest BCUT2D eigenvalue weighted by Crippen LogP contribution is 2.27. The van der Waals surface area contributed by atoms with Gasteiger partial charge in [-0.1, -0.05) is 24.3 Å². The van der Waals surface area contributed by atoms with Crippen LogP contribution in [-0.2, 0) is 19.6 Å². The number of nitrogens with zero attached hydrogens (tertiary/aromatic N) is 6. The third kappa shape index (κ3) is 7.02. The number of anilines is 2. The lowest BCUT2D eigenvalue weighted by molar-refractivity contribution is 0.147. The normalized spacial score (nSPS) is 17.8. The average Bonchev–Trinajstić information content (AvgIpc) is 3.39. The molecule has 1 aromatic heterocycles. The van der Waals surface area contributed by atoms with Crippen LogP contribution in [0.4, 0.5) is 10.8 Å². The first-order valence-corrected chi connectivity index (χ1v) is 14.2. The molecule has 2 aliphatic heterocycles. The Morgan fingerprint density at radius 3 is 2.22 bits per heavy atom. The van der Waals surface area contributed by atoms with E-state index in [-0.39, 0.29) is 0 Å². The Balaban J connectivity index is 1.31. The van der Waals surface area contributed by atoms with Crippen molar-refractivity contribution < 1.29 is 4.74 Å². The molecule has 0 spiro atoms. The zero-order chi connectivity index (χ0) is 25.6. The Morgan fingerprint density at radius 1 is 0.838 bits per heavy atom. The van der Waals surface area contributed by atoms with E-state index >= 15 is 0 Å². The monoisotopic (exact) mass is 520 g/mol. The molecule has 0 aliphatic carbocycles. The van der Waals surface area contributed by atoms with E-state index in [9.17, 15) is 0 Å². The molecule has 8 heteroatoms. The molecular weight excluding hydrogens is 480 g/mol. The highest BCUT2D eigenvalue weighted by atomic mass is 32.1. The highest BCUT2D eigenvalue weighted by Gasteiger charge is 2.18. The van der Waals surface area contributed by atoms with Crippen molar-refractivity contribution in [2.45, 2.75) is 19.6 Å². The molecule has 2 saturated heterocycles. The summed E-state index contributed by atoms with van der Waals surface area (Å²) in [5.41, 5.74) is 5.02. The third-order valence-electron chi connectivity index (χ3n) is 7.48. The van der Waals surface area contributed by atoms with Gasteiger partial charge in [-0.3, -0.25) is 4.90 Å². The molecule has 0 amide bonds. The van der Waals surface area contributed by atoms with Crippen LogP contribution in [0, 0.1) is 0 Å². The van der Waals surface area contributed by atoms with Crippen molar-refractivity contribution in [2.24, 2.45) is 0 Å². The van der Waals surface area contributed by atoms with Gasteiger partial charge in [0, 0.05) is 83.1 Å². The first-order chi connectivity index (χ1) is 18.1. The minimum atomic E-state index is 0.791. The Labute approximate surface area is 225 Å². The van der Waals surface area contributed by atoms with Crippen molar-refractivity contribution in [3.8, 4) is 5.75 Å². The summed E-state index contributed by atoms with van der Waals surface area (Å²) in [4.78, 5) is 17.3. The smallest absolute Gasteiger partial charge is 0.186 e. The molecule has 0 radical (unpaired) electrons. The van der Waals surface area contributed by atoms with E-state index in [0.29, 0.717) is 0 Å². The lowest BCUT2D eigenvalue weighted by atomic mass is 10.1. The second-order valence-electron chi connectivity index (χ2n) is 10.4. The second-order valence-corrected chi connectivity index (χ2v) is 11.2. The van der Waals surface area contributed by atoms with Crippen LogP contribution in [0.2, 0.25) is 0 Å². The number of methoxy groups -OCH3 is 1. The van der Waals surface area contributed by atoms with Crippen LogP contribution in [0.3, 0.4) is 0 Å². The molecular formula is C29H40N6OS. The maximum Gasteiger partial charge on any atom is 0.186 e. The fourth-order valence-corrected chi connectivity index (χ4v) is 5.85. The molecule has 2 fully saturated rings. The second kappa shape index (κ2) is 12.3. The SMILES string of the molecule is COc1cccc(CN(Cc2ccc(N3CCN(C)CC3)cc2)c2nc(CN3CCN(C)CC3)cs2)c1. The van der Waals surface area contributed by atoms with Gasteiger partial charge in [-0.25, -0.2) is 4.98 Å². The number of benzene rings is 2. The van der Waals surface area contributed by atoms with Gasteiger partial charge in [0.1, 0.15) is 5.75 Å². The van der Waals surface area contributed by atoms with Crippen LogP contribution in [0.25, 0.3) is 0 Å². The van der Waals surface area contributed by atoms with Crippen LogP contribution in [-0.4, -0.2) is 93.2 Å². The van der Waals surface area contributed by atoms with Crippen molar-refractivity contribution in [3.05, 3.63) is 70.7 Å². The van der Waals surface area contributed by atoms with Crippen molar-refractivity contribution in [1.29, 1.82) is 0 Å². The molecule has 0 bridgehead atoms. The molecule has 0 atom stereocenters. The number of hydrogen-bond donors (Lipinski definition) is 0. The summed E-state index contributed by atoms with van der Waals surface area (Å²) >= 11 is 1.75. The summed E-state index contributed by atoms with van der Waals surface area (Å²) in [6, 6.07) is 17.5. The molecule has 0 N–H and O–H groups in total.